The molecule has 0 bridgehead atoms. The number of halogens is 3. The summed E-state index contributed by atoms with van der Waals surface area (Å²) in [5, 5.41) is -0.386. The van der Waals surface area contributed by atoms with E-state index in [2.05, 4.69) is 4.98 Å². The molecule has 1 unspecified atom stereocenters. The van der Waals surface area contributed by atoms with Crippen LogP contribution >= 0.6 is 11.6 Å². The van der Waals surface area contributed by atoms with Gasteiger partial charge in [-0.05, 0) is 43.7 Å². The highest BCUT2D eigenvalue weighted by atomic mass is 35.5. The van der Waals surface area contributed by atoms with Crippen LogP contribution in [-0.2, 0) is 0 Å². The van der Waals surface area contributed by atoms with Crippen LogP contribution in [0, 0.1) is 18.6 Å². The summed E-state index contributed by atoms with van der Waals surface area (Å²) in [7, 11) is 0. The standard InChI is InChI=1S/C16H13ClF2N2/c1-9-3-4-12(19)8-15(9)21-14-6-5-11(18)7-13(14)20-16(21)10(2)17/h3-8,10H,1-2H3. The number of aryl methyl sites for hydroxylation is 1. The van der Waals surface area contributed by atoms with E-state index < -0.39 is 0 Å². The lowest BCUT2D eigenvalue weighted by Gasteiger charge is -2.13. The van der Waals surface area contributed by atoms with Crippen molar-refractivity contribution in [3.63, 3.8) is 0 Å². The molecule has 0 spiro atoms. The van der Waals surface area contributed by atoms with Gasteiger partial charge in [-0.25, -0.2) is 13.8 Å². The van der Waals surface area contributed by atoms with Gasteiger partial charge in [0.2, 0.25) is 0 Å². The SMILES string of the molecule is Cc1ccc(F)cc1-n1c(C(C)Cl)nc2cc(F)ccc21. The van der Waals surface area contributed by atoms with Crippen molar-refractivity contribution in [3.05, 3.63) is 59.4 Å². The van der Waals surface area contributed by atoms with Crippen molar-refractivity contribution >= 4 is 22.6 Å². The normalized spacial score (nSPS) is 12.8. The van der Waals surface area contributed by atoms with Gasteiger partial charge in [-0.3, -0.25) is 4.57 Å². The summed E-state index contributed by atoms with van der Waals surface area (Å²) in [6.45, 7) is 3.66. The van der Waals surface area contributed by atoms with E-state index in [0.717, 1.165) is 5.56 Å². The molecule has 0 aliphatic heterocycles. The second-order valence-electron chi connectivity index (χ2n) is 4.99. The van der Waals surface area contributed by atoms with Crippen molar-refractivity contribution in [1.82, 2.24) is 9.55 Å². The Kier molecular flexibility index (Phi) is 3.41. The average molecular weight is 307 g/mol. The maximum atomic E-state index is 13.6. The first kappa shape index (κ1) is 14.0. The topological polar surface area (TPSA) is 17.8 Å². The Morgan fingerprint density at radius 1 is 1.10 bits per heavy atom. The Morgan fingerprint density at radius 2 is 1.76 bits per heavy atom. The highest BCUT2D eigenvalue weighted by molar-refractivity contribution is 6.20. The molecule has 21 heavy (non-hydrogen) atoms. The molecule has 108 valence electrons. The molecule has 0 saturated carbocycles. The van der Waals surface area contributed by atoms with E-state index in [1.807, 2.05) is 6.92 Å². The minimum atomic E-state index is -0.386. The fraction of sp³-hybridized carbons (Fsp3) is 0.188. The molecule has 3 aromatic rings. The minimum absolute atomic E-state index is 0.340. The lowest BCUT2D eigenvalue weighted by molar-refractivity contribution is 0.625. The van der Waals surface area contributed by atoms with Gasteiger partial charge in [0.05, 0.1) is 22.1 Å². The van der Waals surface area contributed by atoms with Gasteiger partial charge in [-0.15, -0.1) is 11.6 Å². The van der Waals surface area contributed by atoms with Gasteiger partial charge in [0.15, 0.2) is 0 Å². The van der Waals surface area contributed by atoms with Crippen LogP contribution < -0.4 is 0 Å². The molecule has 0 amide bonds. The molecule has 2 nitrogen and oxygen atoms in total. The van der Waals surface area contributed by atoms with Crippen molar-refractivity contribution in [2.45, 2.75) is 19.2 Å². The van der Waals surface area contributed by atoms with E-state index in [-0.39, 0.29) is 17.0 Å². The molecular formula is C16H13ClF2N2. The fourth-order valence-electron chi connectivity index (χ4n) is 2.42. The third-order valence-electron chi connectivity index (χ3n) is 3.41. The van der Waals surface area contributed by atoms with E-state index in [9.17, 15) is 8.78 Å². The van der Waals surface area contributed by atoms with Gasteiger partial charge in [-0.2, -0.15) is 0 Å². The van der Waals surface area contributed by atoms with Gasteiger partial charge in [-0.1, -0.05) is 6.07 Å². The number of imidazole rings is 1. The summed E-state index contributed by atoms with van der Waals surface area (Å²) in [5.41, 5.74) is 2.75. The smallest absolute Gasteiger partial charge is 0.132 e. The summed E-state index contributed by atoms with van der Waals surface area (Å²) in [4.78, 5) is 4.39. The van der Waals surface area contributed by atoms with Crippen molar-refractivity contribution in [1.29, 1.82) is 0 Å². The molecular weight excluding hydrogens is 294 g/mol. The first-order chi connectivity index (χ1) is 9.97. The van der Waals surface area contributed by atoms with E-state index in [1.54, 1.807) is 23.6 Å². The van der Waals surface area contributed by atoms with E-state index >= 15 is 0 Å². The summed E-state index contributed by atoms with van der Waals surface area (Å²) in [6.07, 6.45) is 0. The molecule has 0 saturated heterocycles. The number of fused-ring (bicyclic) bond motifs is 1. The number of aromatic nitrogens is 2. The third kappa shape index (κ3) is 2.40. The predicted molar refractivity (Wildman–Crippen MR) is 80.0 cm³/mol. The zero-order valence-electron chi connectivity index (χ0n) is 11.6. The van der Waals surface area contributed by atoms with Crippen LogP contribution in [0.25, 0.3) is 16.7 Å². The Hall–Kier alpha value is -1.94. The second kappa shape index (κ2) is 5.11. The zero-order chi connectivity index (χ0) is 15.1. The molecule has 0 aliphatic carbocycles. The van der Waals surface area contributed by atoms with Crippen LogP contribution in [0.5, 0.6) is 0 Å². The molecule has 0 N–H and O–H groups in total. The highest BCUT2D eigenvalue weighted by Gasteiger charge is 2.18. The third-order valence-corrected chi connectivity index (χ3v) is 3.61. The molecule has 0 aliphatic rings. The molecule has 1 aromatic heterocycles. The van der Waals surface area contributed by atoms with Crippen LogP contribution in [0.4, 0.5) is 8.78 Å². The number of nitrogens with zero attached hydrogens (tertiary/aromatic N) is 2. The molecule has 2 aromatic carbocycles. The van der Waals surface area contributed by atoms with Crippen LogP contribution in [0.3, 0.4) is 0 Å². The largest absolute Gasteiger partial charge is 0.295 e. The van der Waals surface area contributed by atoms with Gasteiger partial charge in [0.1, 0.15) is 17.5 Å². The maximum absolute atomic E-state index is 13.6. The predicted octanol–water partition coefficient (Wildman–Crippen LogP) is 4.91. The van der Waals surface area contributed by atoms with Crippen LogP contribution in [0.1, 0.15) is 23.7 Å². The monoisotopic (exact) mass is 306 g/mol. The van der Waals surface area contributed by atoms with Gasteiger partial charge < -0.3 is 0 Å². The van der Waals surface area contributed by atoms with Crippen LogP contribution in [0.15, 0.2) is 36.4 Å². The van der Waals surface area contributed by atoms with Gasteiger partial charge >= 0.3 is 0 Å². The van der Waals surface area contributed by atoms with E-state index in [4.69, 9.17) is 11.6 Å². The fourth-order valence-corrected chi connectivity index (χ4v) is 2.56. The number of benzene rings is 2. The first-order valence-corrected chi connectivity index (χ1v) is 6.99. The van der Waals surface area contributed by atoms with Crippen molar-refractivity contribution < 1.29 is 8.78 Å². The van der Waals surface area contributed by atoms with Crippen LogP contribution in [0.2, 0.25) is 0 Å². The Balaban J connectivity index is 2.39. The molecule has 0 radical (unpaired) electrons. The second-order valence-corrected chi connectivity index (χ2v) is 5.64. The van der Waals surface area contributed by atoms with Crippen molar-refractivity contribution in [3.8, 4) is 5.69 Å². The molecule has 1 heterocycles. The molecule has 0 fully saturated rings. The molecule has 3 rings (SSSR count). The Bertz CT molecular complexity index is 825. The summed E-state index contributed by atoms with van der Waals surface area (Å²) in [6, 6.07) is 8.87. The van der Waals surface area contributed by atoms with Crippen molar-refractivity contribution in [2.24, 2.45) is 0 Å². The maximum Gasteiger partial charge on any atom is 0.132 e. The number of rotatable bonds is 2. The molecule has 1 atom stereocenters. The minimum Gasteiger partial charge on any atom is -0.295 e. The Morgan fingerprint density at radius 3 is 2.48 bits per heavy atom. The average Bonchev–Trinajstić information content (AvgIpc) is 2.80. The van der Waals surface area contributed by atoms with Gasteiger partial charge in [0.25, 0.3) is 0 Å². The summed E-state index contributed by atoms with van der Waals surface area (Å²) in [5.74, 6) is -0.143. The number of hydrogen-bond donors (Lipinski definition) is 0. The summed E-state index contributed by atoms with van der Waals surface area (Å²) >= 11 is 6.19. The lowest BCUT2D eigenvalue weighted by atomic mass is 10.2. The van der Waals surface area contributed by atoms with E-state index in [0.29, 0.717) is 22.5 Å². The first-order valence-electron chi connectivity index (χ1n) is 6.56. The quantitative estimate of drug-likeness (QED) is 0.615. The zero-order valence-corrected chi connectivity index (χ0v) is 12.3. The number of alkyl halides is 1. The summed E-state index contributed by atoms with van der Waals surface area (Å²) < 4.78 is 28.8. The lowest BCUT2D eigenvalue weighted by Crippen LogP contribution is -2.04. The van der Waals surface area contributed by atoms with E-state index in [1.165, 1.54) is 24.3 Å². The van der Waals surface area contributed by atoms with Crippen molar-refractivity contribution in [2.75, 3.05) is 0 Å². The number of hydrogen-bond acceptors (Lipinski definition) is 1. The van der Waals surface area contributed by atoms with Gasteiger partial charge in [0, 0.05) is 6.07 Å². The highest BCUT2D eigenvalue weighted by Crippen LogP contribution is 2.30. The molecule has 5 heteroatoms. The Labute approximate surface area is 126 Å². The van der Waals surface area contributed by atoms with Crippen LogP contribution in [-0.4, -0.2) is 9.55 Å².